The Kier molecular flexibility index (Phi) is 5.30. The van der Waals surface area contributed by atoms with Crippen LogP contribution in [0.3, 0.4) is 0 Å². The average Bonchev–Trinajstić information content (AvgIpc) is 3.07. The highest BCUT2D eigenvalue weighted by molar-refractivity contribution is 7.22. The van der Waals surface area contributed by atoms with Crippen LogP contribution in [-0.2, 0) is 16.1 Å². The van der Waals surface area contributed by atoms with E-state index in [1.54, 1.807) is 17.0 Å². The molecule has 0 saturated heterocycles. The number of para-hydroxylation sites is 2. The third-order valence-electron chi connectivity index (χ3n) is 5.89. The molecule has 0 spiro atoms. The Morgan fingerprint density at radius 3 is 2.64 bits per heavy atom. The van der Waals surface area contributed by atoms with Gasteiger partial charge in [0.15, 0.2) is 0 Å². The number of nitrogens with zero attached hydrogens (tertiary/aromatic N) is 3. The molecule has 0 radical (unpaired) electrons. The van der Waals surface area contributed by atoms with Crippen molar-refractivity contribution < 1.29 is 9.59 Å². The first kappa shape index (κ1) is 21.1. The third-order valence-corrected chi connectivity index (χ3v) is 7.14. The zero-order chi connectivity index (χ0) is 23.1. The number of fused-ring (bicyclic) bond motifs is 2. The van der Waals surface area contributed by atoms with Crippen molar-refractivity contribution in [2.24, 2.45) is 0 Å². The van der Waals surface area contributed by atoms with Gasteiger partial charge in [0, 0.05) is 17.3 Å². The van der Waals surface area contributed by atoms with E-state index < -0.39 is 0 Å². The van der Waals surface area contributed by atoms with Crippen molar-refractivity contribution in [3.05, 3.63) is 76.8 Å². The maximum atomic E-state index is 13.4. The fourth-order valence-corrected chi connectivity index (χ4v) is 5.47. The minimum Gasteiger partial charge on any atom is -0.324 e. The molecule has 166 valence electrons. The smallest absolute Gasteiger partial charge is 0.262 e. The van der Waals surface area contributed by atoms with Crippen LogP contribution in [0.2, 0.25) is 0 Å². The number of aromatic nitrogens is 2. The summed E-state index contributed by atoms with van der Waals surface area (Å²) in [6, 6.07) is 16.7. The van der Waals surface area contributed by atoms with Crippen molar-refractivity contribution in [1.82, 2.24) is 9.55 Å². The van der Waals surface area contributed by atoms with Gasteiger partial charge < -0.3 is 10.2 Å². The molecule has 0 bridgehead atoms. The summed E-state index contributed by atoms with van der Waals surface area (Å²) in [7, 11) is 0. The second kappa shape index (κ2) is 8.29. The Balaban J connectivity index is 1.53. The topological polar surface area (TPSA) is 84.3 Å². The van der Waals surface area contributed by atoms with Gasteiger partial charge in [-0.2, -0.15) is 0 Å². The zero-order valence-corrected chi connectivity index (χ0v) is 19.1. The summed E-state index contributed by atoms with van der Waals surface area (Å²) in [5.41, 5.74) is 2.87. The first-order valence-electron chi connectivity index (χ1n) is 10.7. The van der Waals surface area contributed by atoms with Crippen LogP contribution in [0.25, 0.3) is 20.7 Å². The number of anilines is 2. The molecule has 2 amide bonds. The molecule has 0 unspecified atom stereocenters. The molecule has 0 fully saturated rings. The molecule has 5 rings (SSSR count). The standard InChI is InChI=1S/C25H22N4O3S/c1-15-12-20(30)27-18-10-6-7-11-19(18)29(15)21(31)13-28-14-26-24-22(25(28)32)16(2)23(33-24)17-8-4-3-5-9-17/h3-11,14-15H,12-13H2,1-2H3,(H,27,30)/t15-/m1/s1. The normalized spacial score (nSPS) is 15.8. The van der Waals surface area contributed by atoms with Crippen LogP contribution in [0, 0.1) is 6.92 Å². The summed E-state index contributed by atoms with van der Waals surface area (Å²) in [6.07, 6.45) is 1.61. The van der Waals surface area contributed by atoms with E-state index in [9.17, 15) is 14.4 Å². The van der Waals surface area contributed by atoms with Crippen LogP contribution >= 0.6 is 11.3 Å². The summed E-state index contributed by atoms with van der Waals surface area (Å²) in [5, 5.41) is 3.39. The molecule has 1 N–H and O–H groups in total. The Hall–Kier alpha value is -3.78. The lowest BCUT2D eigenvalue weighted by Gasteiger charge is -2.28. The van der Waals surface area contributed by atoms with E-state index in [0.717, 1.165) is 16.0 Å². The number of carbonyl (C=O) groups is 2. The maximum absolute atomic E-state index is 13.4. The van der Waals surface area contributed by atoms with E-state index in [1.165, 1.54) is 22.2 Å². The molecule has 1 aliphatic rings. The van der Waals surface area contributed by atoms with Gasteiger partial charge in [-0.05, 0) is 37.1 Å². The van der Waals surface area contributed by atoms with Gasteiger partial charge in [0.1, 0.15) is 11.4 Å². The molecule has 33 heavy (non-hydrogen) atoms. The molecule has 0 aliphatic carbocycles. The minimum atomic E-state index is -0.346. The van der Waals surface area contributed by atoms with Gasteiger partial charge >= 0.3 is 0 Å². The van der Waals surface area contributed by atoms with Crippen molar-refractivity contribution in [2.45, 2.75) is 32.9 Å². The van der Waals surface area contributed by atoms with E-state index in [1.807, 2.05) is 56.3 Å². The predicted molar refractivity (Wildman–Crippen MR) is 131 cm³/mol. The molecular formula is C25H22N4O3S. The van der Waals surface area contributed by atoms with E-state index >= 15 is 0 Å². The van der Waals surface area contributed by atoms with Crippen LogP contribution in [0.4, 0.5) is 11.4 Å². The second-order valence-corrected chi connectivity index (χ2v) is 9.16. The molecule has 4 aromatic rings. The summed E-state index contributed by atoms with van der Waals surface area (Å²) in [5.74, 6) is -0.418. The quantitative estimate of drug-likeness (QED) is 0.499. The van der Waals surface area contributed by atoms with Crippen LogP contribution in [0.1, 0.15) is 18.9 Å². The van der Waals surface area contributed by atoms with Crippen molar-refractivity contribution in [3.63, 3.8) is 0 Å². The number of hydrogen-bond donors (Lipinski definition) is 1. The van der Waals surface area contributed by atoms with E-state index in [-0.39, 0.29) is 36.4 Å². The van der Waals surface area contributed by atoms with Crippen LogP contribution in [-0.4, -0.2) is 27.4 Å². The summed E-state index contributed by atoms with van der Waals surface area (Å²) in [4.78, 5) is 46.7. The number of rotatable bonds is 3. The first-order chi connectivity index (χ1) is 15.9. The van der Waals surface area contributed by atoms with Gasteiger partial charge in [0.2, 0.25) is 11.8 Å². The Bertz CT molecular complexity index is 1440. The minimum absolute atomic E-state index is 0.146. The van der Waals surface area contributed by atoms with Gasteiger partial charge in [-0.3, -0.25) is 19.0 Å². The molecule has 1 aliphatic heterocycles. The second-order valence-electron chi connectivity index (χ2n) is 8.16. The largest absolute Gasteiger partial charge is 0.324 e. The molecule has 2 aromatic carbocycles. The molecule has 0 saturated carbocycles. The Morgan fingerprint density at radius 2 is 1.85 bits per heavy atom. The lowest BCUT2D eigenvalue weighted by atomic mass is 10.1. The highest BCUT2D eigenvalue weighted by atomic mass is 32.1. The van der Waals surface area contributed by atoms with Crippen molar-refractivity contribution in [2.75, 3.05) is 10.2 Å². The highest BCUT2D eigenvalue weighted by Gasteiger charge is 2.30. The Labute approximate surface area is 194 Å². The lowest BCUT2D eigenvalue weighted by Crippen LogP contribution is -2.42. The summed E-state index contributed by atoms with van der Waals surface area (Å²) >= 11 is 1.48. The van der Waals surface area contributed by atoms with Crippen LogP contribution in [0.5, 0.6) is 0 Å². The number of aryl methyl sites for hydroxylation is 1. The van der Waals surface area contributed by atoms with Crippen molar-refractivity contribution >= 4 is 44.7 Å². The van der Waals surface area contributed by atoms with Crippen LogP contribution in [0.15, 0.2) is 65.7 Å². The molecule has 7 nitrogen and oxygen atoms in total. The van der Waals surface area contributed by atoms with E-state index in [0.29, 0.717) is 21.6 Å². The molecule has 2 aromatic heterocycles. The van der Waals surface area contributed by atoms with Gasteiger partial charge in [-0.1, -0.05) is 42.5 Å². The average molecular weight is 459 g/mol. The zero-order valence-electron chi connectivity index (χ0n) is 18.2. The maximum Gasteiger partial charge on any atom is 0.262 e. The highest BCUT2D eigenvalue weighted by Crippen LogP contribution is 2.35. The summed E-state index contributed by atoms with van der Waals surface area (Å²) < 4.78 is 1.36. The van der Waals surface area contributed by atoms with E-state index in [2.05, 4.69) is 10.3 Å². The first-order valence-corrected chi connectivity index (χ1v) is 11.5. The van der Waals surface area contributed by atoms with Gasteiger partial charge in [-0.15, -0.1) is 11.3 Å². The van der Waals surface area contributed by atoms with Crippen LogP contribution < -0.4 is 15.8 Å². The van der Waals surface area contributed by atoms with Crippen molar-refractivity contribution in [3.8, 4) is 10.4 Å². The van der Waals surface area contributed by atoms with Gasteiger partial charge in [0.05, 0.1) is 23.1 Å². The molecule has 8 heteroatoms. The van der Waals surface area contributed by atoms with Gasteiger partial charge in [0.25, 0.3) is 5.56 Å². The fourth-order valence-electron chi connectivity index (χ4n) is 4.33. The summed E-state index contributed by atoms with van der Waals surface area (Å²) in [6.45, 7) is 3.59. The lowest BCUT2D eigenvalue weighted by molar-refractivity contribution is -0.120. The number of amides is 2. The monoisotopic (exact) mass is 458 g/mol. The Morgan fingerprint density at radius 1 is 1.12 bits per heavy atom. The number of benzene rings is 2. The number of hydrogen-bond acceptors (Lipinski definition) is 5. The van der Waals surface area contributed by atoms with E-state index in [4.69, 9.17) is 0 Å². The number of thiophene rings is 1. The number of carbonyl (C=O) groups excluding carboxylic acids is 2. The molecule has 3 heterocycles. The number of nitrogens with one attached hydrogen (secondary N) is 1. The predicted octanol–water partition coefficient (Wildman–Crippen LogP) is 4.20. The van der Waals surface area contributed by atoms with Crippen molar-refractivity contribution in [1.29, 1.82) is 0 Å². The SMILES string of the molecule is Cc1c(-c2ccccc2)sc2ncn(CC(=O)N3c4ccccc4NC(=O)C[C@H]3C)c(=O)c12. The molecule has 1 atom stereocenters. The fraction of sp³-hybridized carbons (Fsp3) is 0.200. The van der Waals surface area contributed by atoms with Gasteiger partial charge in [-0.25, -0.2) is 4.98 Å². The molecular weight excluding hydrogens is 436 g/mol. The third kappa shape index (κ3) is 3.72.